The molecule has 0 bridgehead atoms. The largest absolute Gasteiger partial charge is 0.494 e. The summed E-state index contributed by atoms with van der Waals surface area (Å²) in [6.07, 6.45) is 10.9. The van der Waals surface area contributed by atoms with Crippen LogP contribution in [0, 0.1) is 0 Å². The summed E-state index contributed by atoms with van der Waals surface area (Å²) in [6.45, 7) is -1.48. The van der Waals surface area contributed by atoms with Crippen LogP contribution in [-0.4, -0.2) is 125 Å². The first-order valence-electron chi connectivity index (χ1n) is 19.3. The maximum absolute atomic E-state index is 12.5. The van der Waals surface area contributed by atoms with E-state index in [9.17, 15) is 53.7 Å². The van der Waals surface area contributed by atoms with Gasteiger partial charge in [0.1, 0.15) is 23.9 Å². The van der Waals surface area contributed by atoms with Gasteiger partial charge in [0, 0.05) is 19.4 Å². The van der Waals surface area contributed by atoms with E-state index in [1.807, 2.05) is 0 Å². The zero-order valence-corrected chi connectivity index (χ0v) is 32.3. The van der Waals surface area contributed by atoms with Crippen LogP contribution in [0.15, 0.2) is 24.3 Å². The van der Waals surface area contributed by atoms with E-state index < -0.39 is 91.8 Å². The molecule has 1 aromatic carbocycles. The minimum atomic E-state index is -1.48. The third kappa shape index (κ3) is 23.5. The van der Waals surface area contributed by atoms with E-state index in [0.717, 1.165) is 51.4 Å². The second kappa shape index (κ2) is 30.1. The number of hydrogen-bond acceptors (Lipinski definition) is 12. The molecule has 0 heterocycles. The van der Waals surface area contributed by atoms with E-state index in [0.29, 0.717) is 38.0 Å². The van der Waals surface area contributed by atoms with Crippen LogP contribution in [0.5, 0.6) is 5.75 Å². The smallest absolute Gasteiger partial charge is 0.335 e. The fourth-order valence-corrected chi connectivity index (χ4v) is 5.38. The summed E-state index contributed by atoms with van der Waals surface area (Å²) in [7, 11) is 0. The summed E-state index contributed by atoms with van der Waals surface area (Å²) in [5, 5.41) is 49.2. The molecule has 0 aliphatic heterocycles. The number of carboxylic acid groups (broad SMARTS) is 2. The van der Waals surface area contributed by atoms with E-state index in [1.54, 1.807) is 18.4 Å². The summed E-state index contributed by atoms with van der Waals surface area (Å²) < 4.78 is 5.64. The molecule has 0 aliphatic carbocycles. The van der Waals surface area contributed by atoms with Crippen molar-refractivity contribution in [3.63, 3.8) is 0 Å². The van der Waals surface area contributed by atoms with Gasteiger partial charge in [-0.15, -0.1) is 0 Å². The van der Waals surface area contributed by atoms with Crippen molar-refractivity contribution in [1.29, 1.82) is 0 Å². The minimum Gasteiger partial charge on any atom is -0.494 e. The molecule has 5 amide bonds. The number of unbranched alkanes of at least 4 members (excludes halogenated alkanes) is 9. The lowest BCUT2D eigenvalue weighted by Gasteiger charge is -2.19. The van der Waals surface area contributed by atoms with E-state index in [4.69, 9.17) is 15.6 Å². The number of nitrogens with two attached hydrogens (primary N) is 1. The predicted molar refractivity (Wildman–Crippen MR) is 205 cm³/mol. The van der Waals surface area contributed by atoms with Crippen molar-refractivity contribution in [3.05, 3.63) is 29.8 Å². The van der Waals surface area contributed by atoms with Crippen LogP contribution in [0.1, 0.15) is 107 Å². The highest BCUT2D eigenvalue weighted by atomic mass is 16.5. The number of aliphatic carboxylic acids is 1. The molecular formula is C38H59N6O13. The van der Waals surface area contributed by atoms with Crippen molar-refractivity contribution >= 4 is 47.8 Å². The van der Waals surface area contributed by atoms with Gasteiger partial charge in [0.25, 0.3) is 0 Å². The fourth-order valence-electron chi connectivity index (χ4n) is 5.38. The Bertz CT molecular complexity index is 1410. The molecule has 0 spiro atoms. The Hall–Kier alpha value is -5.14. The maximum atomic E-state index is 12.5. The van der Waals surface area contributed by atoms with Gasteiger partial charge in [-0.25, -0.2) is 9.59 Å². The van der Waals surface area contributed by atoms with Gasteiger partial charge < -0.3 is 57.5 Å². The van der Waals surface area contributed by atoms with Crippen LogP contribution >= 0.6 is 0 Å². The Kier molecular flexibility index (Phi) is 26.3. The van der Waals surface area contributed by atoms with Crippen molar-refractivity contribution < 1.29 is 63.5 Å². The van der Waals surface area contributed by atoms with Gasteiger partial charge in [-0.05, 0) is 62.8 Å². The lowest BCUT2D eigenvalue weighted by Crippen LogP contribution is -2.54. The highest BCUT2D eigenvalue weighted by Crippen LogP contribution is 2.14. The molecule has 4 atom stereocenters. The number of benzene rings is 1. The highest BCUT2D eigenvalue weighted by molar-refractivity contribution is 5.93. The van der Waals surface area contributed by atoms with Crippen molar-refractivity contribution in [2.45, 2.75) is 120 Å². The number of carbonyl (C=O) groups excluding carboxylic acids is 6. The first-order valence-corrected chi connectivity index (χ1v) is 19.3. The average Bonchev–Trinajstić information content (AvgIpc) is 3.19. The van der Waals surface area contributed by atoms with E-state index in [1.165, 1.54) is 12.1 Å². The lowest BCUT2D eigenvalue weighted by atomic mass is 10.1. The van der Waals surface area contributed by atoms with E-state index in [-0.39, 0.29) is 24.9 Å². The average molecular weight is 808 g/mol. The van der Waals surface area contributed by atoms with E-state index in [2.05, 4.69) is 26.6 Å². The van der Waals surface area contributed by atoms with Crippen LogP contribution in [0.2, 0.25) is 0 Å². The molecule has 1 radical (unpaired) electrons. The van der Waals surface area contributed by atoms with Gasteiger partial charge in [0.05, 0.1) is 38.0 Å². The van der Waals surface area contributed by atoms with Crippen molar-refractivity contribution in [2.75, 3.05) is 32.9 Å². The summed E-state index contributed by atoms with van der Waals surface area (Å²) in [5.74, 6) is -5.40. The summed E-state index contributed by atoms with van der Waals surface area (Å²) in [4.78, 5) is 94.9. The number of amides is 5. The molecule has 319 valence electrons. The predicted octanol–water partition coefficient (Wildman–Crippen LogP) is -0.192. The lowest BCUT2D eigenvalue weighted by molar-refractivity contribution is -0.142. The molecule has 0 unspecified atom stereocenters. The first kappa shape index (κ1) is 49.9. The fraction of sp³-hybridized carbons (Fsp3) is 0.632. The van der Waals surface area contributed by atoms with Gasteiger partial charge in [0.2, 0.25) is 35.8 Å². The number of aliphatic hydroxyl groups is 2. The van der Waals surface area contributed by atoms with Crippen LogP contribution in [0.4, 0.5) is 0 Å². The SMILES string of the molecule is N[C@H]([C]=O)CCCCNC(=O)[C@H](CO)NC(=O)CNC(=O)[C@H](CO)NC(=O)CC[C@H](NC(=O)CCCCCCCCCCCOc1ccc(C(=O)O)cc1)C(=O)O. The molecule has 0 aromatic heterocycles. The molecule has 19 nitrogen and oxygen atoms in total. The molecule has 11 N–H and O–H groups in total. The molecule has 0 saturated carbocycles. The normalized spacial score (nSPS) is 12.9. The van der Waals surface area contributed by atoms with Crippen molar-refractivity contribution in [2.24, 2.45) is 5.73 Å². The summed E-state index contributed by atoms with van der Waals surface area (Å²) in [5.41, 5.74) is 5.65. The highest BCUT2D eigenvalue weighted by Gasteiger charge is 2.25. The van der Waals surface area contributed by atoms with Crippen LogP contribution in [0.3, 0.4) is 0 Å². The van der Waals surface area contributed by atoms with Gasteiger partial charge in [-0.3, -0.25) is 28.8 Å². The summed E-state index contributed by atoms with van der Waals surface area (Å²) >= 11 is 0. The zero-order valence-electron chi connectivity index (χ0n) is 32.3. The quantitative estimate of drug-likeness (QED) is 0.0412. The summed E-state index contributed by atoms with van der Waals surface area (Å²) in [6, 6.07) is 1.42. The first-order chi connectivity index (χ1) is 27.3. The van der Waals surface area contributed by atoms with E-state index >= 15 is 0 Å². The molecule has 57 heavy (non-hydrogen) atoms. The number of aromatic carboxylic acids is 1. The Morgan fingerprint density at radius 2 is 1.16 bits per heavy atom. The van der Waals surface area contributed by atoms with Gasteiger partial charge in [-0.2, -0.15) is 0 Å². The Morgan fingerprint density at radius 3 is 1.72 bits per heavy atom. The Balaban J connectivity index is 2.23. The molecular weight excluding hydrogens is 748 g/mol. The third-order valence-corrected chi connectivity index (χ3v) is 8.70. The number of nitrogens with one attached hydrogen (secondary N) is 5. The monoisotopic (exact) mass is 807 g/mol. The number of carboxylic acids is 2. The zero-order chi connectivity index (χ0) is 42.4. The van der Waals surface area contributed by atoms with Crippen molar-refractivity contribution in [1.82, 2.24) is 26.6 Å². The molecule has 0 fully saturated rings. The molecule has 19 heteroatoms. The number of rotatable bonds is 33. The third-order valence-electron chi connectivity index (χ3n) is 8.70. The topological polar surface area (TPSA) is 313 Å². The second-order valence-corrected chi connectivity index (χ2v) is 13.4. The Morgan fingerprint density at radius 1 is 0.632 bits per heavy atom. The van der Waals surface area contributed by atoms with Gasteiger partial charge in [-0.1, -0.05) is 44.9 Å². The number of ether oxygens (including phenoxy) is 1. The van der Waals surface area contributed by atoms with Crippen molar-refractivity contribution in [3.8, 4) is 5.75 Å². The molecule has 0 aliphatic rings. The number of carbonyl (C=O) groups is 7. The Labute approximate surface area is 332 Å². The number of hydrogen-bond donors (Lipinski definition) is 10. The van der Waals surface area contributed by atoms with Crippen LogP contribution < -0.4 is 37.1 Å². The van der Waals surface area contributed by atoms with Gasteiger partial charge in [0.15, 0.2) is 0 Å². The molecule has 1 aromatic rings. The molecule has 1 rings (SSSR count). The second-order valence-electron chi connectivity index (χ2n) is 13.4. The minimum absolute atomic E-state index is 0.122. The van der Waals surface area contributed by atoms with Crippen LogP contribution in [-0.2, 0) is 33.6 Å². The maximum Gasteiger partial charge on any atom is 0.335 e. The number of aliphatic hydroxyl groups excluding tert-OH is 2. The van der Waals surface area contributed by atoms with Crippen LogP contribution in [0.25, 0.3) is 0 Å². The van der Waals surface area contributed by atoms with Gasteiger partial charge >= 0.3 is 11.9 Å². The standard InChI is InChI=1S/C38H59N6O13/c39-27(23-45)12-9-10-20-40-35(51)30(24-46)44-34(50)22-41-36(52)31(25-47)43-33(49)19-18-29(38(55)56)42-32(48)13-8-6-4-2-1-3-5-7-11-21-57-28-16-14-26(15-17-28)37(53)54/h14-17,27,29-31,46-47H,1-13,18-22,24-25,39H2,(H,40,51)(H,41,52)(H,42,48)(H,43,49)(H,44,50)(H,53,54)(H,55,56)/t27-,29-,30-,31-/m0/s1. The molecule has 0 saturated heterocycles.